The quantitative estimate of drug-likeness (QED) is 0.0614. The molecule has 4 aromatic carbocycles. The number of amides is 3. The van der Waals surface area contributed by atoms with Crippen LogP contribution in [0.25, 0.3) is 6.08 Å². The van der Waals surface area contributed by atoms with Crippen LogP contribution in [0.2, 0.25) is 0 Å². The van der Waals surface area contributed by atoms with E-state index in [1.54, 1.807) is 79.7 Å². The molecule has 0 aliphatic rings. The Kier molecular flexibility index (Phi) is 11.7. The largest absolute Gasteiger partial charge is 0.493 e. The number of hydrogen-bond donors (Lipinski definition) is 3. The number of aryl methyl sites for hydroxylation is 1. The monoisotopic (exact) mass is 654 g/mol. The van der Waals surface area contributed by atoms with Gasteiger partial charge in [0.2, 0.25) is 5.91 Å². The van der Waals surface area contributed by atoms with Crippen molar-refractivity contribution in [2.24, 2.45) is 0 Å². The Bertz CT molecular complexity index is 1810. The number of nitrogens with zero attached hydrogens (tertiary/aromatic N) is 1. The highest BCUT2D eigenvalue weighted by Crippen LogP contribution is 2.31. The molecule has 3 N–H and O–H groups in total. The number of non-ortho nitro benzene ring substituents is 1. The Labute approximate surface area is 276 Å². The highest BCUT2D eigenvalue weighted by molar-refractivity contribution is 8.00. The van der Waals surface area contributed by atoms with E-state index in [0.717, 1.165) is 0 Å². The summed E-state index contributed by atoms with van der Waals surface area (Å²) in [6, 6.07) is 24.9. The lowest BCUT2D eigenvalue weighted by Crippen LogP contribution is -2.30. The second-order valence-corrected chi connectivity index (χ2v) is 11.5. The lowest BCUT2D eigenvalue weighted by Gasteiger charge is -2.17. The summed E-state index contributed by atoms with van der Waals surface area (Å²) in [5, 5.41) is 19.1. The normalized spacial score (nSPS) is 11.6. The van der Waals surface area contributed by atoms with Crippen LogP contribution < -0.4 is 25.4 Å². The predicted molar refractivity (Wildman–Crippen MR) is 183 cm³/mol. The van der Waals surface area contributed by atoms with Gasteiger partial charge >= 0.3 is 0 Å². The van der Waals surface area contributed by atoms with E-state index < -0.39 is 22.0 Å². The highest BCUT2D eigenvalue weighted by Gasteiger charge is 2.21. The summed E-state index contributed by atoms with van der Waals surface area (Å²) in [6.07, 6.45) is 2.01. The molecule has 0 fully saturated rings. The molecule has 12 heteroatoms. The van der Waals surface area contributed by atoms with E-state index in [1.807, 2.05) is 13.0 Å². The van der Waals surface area contributed by atoms with Crippen molar-refractivity contribution in [3.63, 3.8) is 0 Å². The highest BCUT2D eigenvalue weighted by atomic mass is 32.2. The van der Waals surface area contributed by atoms with Crippen LogP contribution in [0.5, 0.6) is 11.5 Å². The maximum absolute atomic E-state index is 13.6. The van der Waals surface area contributed by atoms with Crippen molar-refractivity contribution in [3.05, 3.63) is 123 Å². The van der Waals surface area contributed by atoms with E-state index in [4.69, 9.17) is 9.47 Å². The smallest absolute Gasteiger partial charge is 0.272 e. The van der Waals surface area contributed by atoms with Crippen LogP contribution in [0.4, 0.5) is 17.1 Å². The summed E-state index contributed by atoms with van der Waals surface area (Å²) in [7, 11) is 3.02. The summed E-state index contributed by atoms with van der Waals surface area (Å²) in [6.45, 7) is 3.62. The topological polar surface area (TPSA) is 149 Å². The lowest BCUT2D eigenvalue weighted by molar-refractivity contribution is -0.384. The first-order valence-corrected chi connectivity index (χ1v) is 15.4. The molecule has 0 aliphatic heterocycles. The zero-order chi connectivity index (χ0) is 33.9. The summed E-state index contributed by atoms with van der Waals surface area (Å²) in [5.41, 5.74) is 2.34. The average Bonchev–Trinajstić information content (AvgIpc) is 3.08. The number of methoxy groups -OCH3 is 2. The fraction of sp³-hybridized carbons (Fsp3) is 0.171. The van der Waals surface area contributed by atoms with Crippen molar-refractivity contribution < 1.29 is 28.8 Å². The SMILES string of the molecule is CCC(Sc1cccc(NC(=O)/C(=C\c2ccc(OC)c(OC)c2)NC(=O)c2ccccc2)c1)C(=O)Nc1cc([N+](=O)[O-])ccc1C. The van der Waals surface area contributed by atoms with Crippen LogP contribution in [-0.2, 0) is 9.59 Å². The zero-order valence-electron chi connectivity index (χ0n) is 26.2. The van der Waals surface area contributed by atoms with Gasteiger partial charge < -0.3 is 25.4 Å². The lowest BCUT2D eigenvalue weighted by atomic mass is 10.1. The molecule has 47 heavy (non-hydrogen) atoms. The molecule has 0 radical (unpaired) electrons. The van der Waals surface area contributed by atoms with E-state index in [9.17, 15) is 24.5 Å². The minimum absolute atomic E-state index is 0.0118. The summed E-state index contributed by atoms with van der Waals surface area (Å²) in [5.74, 6) is -0.378. The number of nitrogens with one attached hydrogen (secondary N) is 3. The van der Waals surface area contributed by atoms with E-state index >= 15 is 0 Å². The van der Waals surface area contributed by atoms with Crippen LogP contribution in [-0.4, -0.2) is 42.1 Å². The van der Waals surface area contributed by atoms with Crippen molar-refractivity contribution in [3.8, 4) is 11.5 Å². The van der Waals surface area contributed by atoms with Gasteiger partial charge in [0.15, 0.2) is 11.5 Å². The average molecular weight is 655 g/mol. The third kappa shape index (κ3) is 9.21. The summed E-state index contributed by atoms with van der Waals surface area (Å²) < 4.78 is 10.7. The van der Waals surface area contributed by atoms with Crippen molar-refractivity contribution in [2.45, 2.75) is 30.4 Å². The second-order valence-electron chi connectivity index (χ2n) is 10.2. The molecule has 0 bridgehead atoms. The van der Waals surface area contributed by atoms with E-state index in [1.165, 1.54) is 44.2 Å². The van der Waals surface area contributed by atoms with Gasteiger partial charge in [0.1, 0.15) is 5.70 Å². The van der Waals surface area contributed by atoms with Crippen molar-refractivity contribution in [1.82, 2.24) is 5.32 Å². The fourth-order valence-corrected chi connectivity index (χ4v) is 5.47. The van der Waals surface area contributed by atoms with Gasteiger partial charge in [0.25, 0.3) is 17.5 Å². The zero-order valence-corrected chi connectivity index (χ0v) is 27.1. The number of anilines is 2. The van der Waals surface area contributed by atoms with Gasteiger partial charge in [-0.05, 0) is 73.0 Å². The molecule has 3 amide bonds. The number of rotatable bonds is 13. The first kappa shape index (κ1) is 34.3. The number of nitro groups is 1. The molecule has 11 nitrogen and oxygen atoms in total. The molecule has 0 spiro atoms. The molecule has 1 atom stereocenters. The molecule has 0 saturated carbocycles. The molecule has 242 valence electrons. The Morgan fingerprint density at radius 3 is 2.32 bits per heavy atom. The molecule has 4 rings (SSSR count). The number of thioether (sulfide) groups is 1. The van der Waals surface area contributed by atoms with Gasteiger partial charge in [-0.1, -0.05) is 43.3 Å². The molecular formula is C35H34N4O7S. The van der Waals surface area contributed by atoms with Crippen LogP contribution >= 0.6 is 11.8 Å². The predicted octanol–water partition coefficient (Wildman–Crippen LogP) is 6.84. The van der Waals surface area contributed by atoms with Gasteiger partial charge in [0.05, 0.1) is 30.1 Å². The molecule has 1 unspecified atom stereocenters. The number of nitro benzene ring substituents is 1. The minimum Gasteiger partial charge on any atom is -0.493 e. The molecule has 0 aliphatic carbocycles. The Balaban J connectivity index is 1.54. The van der Waals surface area contributed by atoms with Gasteiger partial charge in [-0.15, -0.1) is 11.8 Å². The van der Waals surface area contributed by atoms with E-state index in [0.29, 0.717) is 50.9 Å². The van der Waals surface area contributed by atoms with Crippen molar-refractivity contribution in [1.29, 1.82) is 0 Å². The van der Waals surface area contributed by atoms with Gasteiger partial charge in [-0.25, -0.2) is 0 Å². The van der Waals surface area contributed by atoms with Gasteiger partial charge in [-0.2, -0.15) is 0 Å². The number of carbonyl (C=O) groups excluding carboxylic acids is 3. The Morgan fingerprint density at radius 2 is 1.64 bits per heavy atom. The third-order valence-electron chi connectivity index (χ3n) is 6.97. The van der Waals surface area contributed by atoms with Crippen LogP contribution in [0.3, 0.4) is 0 Å². The number of ether oxygens (including phenoxy) is 2. The molecule has 0 aromatic heterocycles. The summed E-state index contributed by atoms with van der Waals surface area (Å²) in [4.78, 5) is 51.2. The molecule has 4 aromatic rings. The van der Waals surface area contributed by atoms with Crippen LogP contribution in [0, 0.1) is 17.0 Å². The maximum Gasteiger partial charge on any atom is 0.272 e. The number of hydrogen-bond acceptors (Lipinski definition) is 8. The first-order valence-electron chi connectivity index (χ1n) is 14.6. The standard InChI is InChI=1S/C35H34N4O7S/c1-5-32(35(42)37-28-21-26(39(43)44)16-14-22(28)2)47-27-13-9-12-25(20-27)36-34(41)29(38-33(40)24-10-7-6-8-11-24)18-23-15-17-30(45-3)31(19-23)46-4/h6-21,32H,5H2,1-4H3,(H,36,41)(H,37,42)(H,38,40)/b29-18+. The number of carbonyl (C=O) groups is 3. The molecule has 0 heterocycles. The van der Waals surface area contributed by atoms with E-state index in [2.05, 4.69) is 16.0 Å². The fourth-order valence-electron chi connectivity index (χ4n) is 4.46. The van der Waals surface area contributed by atoms with Crippen LogP contribution in [0.15, 0.2) is 102 Å². The summed E-state index contributed by atoms with van der Waals surface area (Å²) >= 11 is 1.29. The molecule has 0 saturated heterocycles. The number of benzene rings is 4. The van der Waals surface area contributed by atoms with Crippen LogP contribution in [0.1, 0.15) is 34.8 Å². The Morgan fingerprint density at radius 1 is 0.894 bits per heavy atom. The van der Waals surface area contributed by atoms with Crippen molar-refractivity contribution in [2.75, 3.05) is 24.9 Å². The Hall–Kier alpha value is -5.62. The second kappa shape index (κ2) is 16.1. The van der Waals surface area contributed by atoms with Crippen molar-refractivity contribution >= 4 is 52.6 Å². The molecular weight excluding hydrogens is 620 g/mol. The first-order chi connectivity index (χ1) is 22.6. The van der Waals surface area contributed by atoms with E-state index in [-0.39, 0.29) is 17.3 Å². The maximum atomic E-state index is 13.6. The minimum atomic E-state index is -0.572. The van der Waals surface area contributed by atoms with Gasteiger partial charge in [-0.3, -0.25) is 24.5 Å². The third-order valence-corrected chi connectivity index (χ3v) is 8.33. The van der Waals surface area contributed by atoms with Gasteiger partial charge in [0, 0.05) is 28.3 Å².